The number of hydrogen-bond acceptors (Lipinski definition) is 4. The molecule has 4 heteroatoms. The highest BCUT2D eigenvalue weighted by Crippen LogP contribution is 2.29. The first-order valence-electron chi connectivity index (χ1n) is 5.87. The van der Waals surface area contributed by atoms with Crippen LogP contribution in [0.3, 0.4) is 0 Å². The minimum atomic E-state index is -0.181. The quantitative estimate of drug-likeness (QED) is 0.602. The zero-order chi connectivity index (χ0) is 11.4. The molecule has 2 atom stereocenters. The molecule has 1 fully saturated rings. The molecule has 3 N–H and O–H groups in total. The van der Waals surface area contributed by atoms with Crippen molar-refractivity contribution in [2.45, 2.75) is 44.2 Å². The molecular weight excluding hydrogens is 204 g/mol. The highest BCUT2D eigenvalue weighted by Gasteiger charge is 2.36. The van der Waals surface area contributed by atoms with Crippen molar-refractivity contribution in [3.05, 3.63) is 24.2 Å². The molecular formula is C12H20N2O2. The Labute approximate surface area is 96.1 Å². The van der Waals surface area contributed by atoms with Gasteiger partial charge in [-0.2, -0.15) is 0 Å². The van der Waals surface area contributed by atoms with Crippen molar-refractivity contribution in [3.63, 3.8) is 0 Å². The van der Waals surface area contributed by atoms with E-state index in [1.807, 2.05) is 12.1 Å². The summed E-state index contributed by atoms with van der Waals surface area (Å²) in [7, 11) is 0. The van der Waals surface area contributed by atoms with Gasteiger partial charge in [-0.05, 0) is 38.3 Å². The fourth-order valence-electron chi connectivity index (χ4n) is 2.31. The first-order valence-corrected chi connectivity index (χ1v) is 5.87. The van der Waals surface area contributed by atoms with Crippen LogP contribution in [-0.4, -0.2) is 18.2 Å². The lowest BCUT2D eigenvalue weighted by Gasteiger charge is -2.40. The van der Waals surface area contributed by atoms with Gasteiger partial charge in [0.15, 0.2) is 0 Å². The molecule has 0 bridgehead atoms. The number of furan rings is 1. The fourth-order valence-corrected chi connectivity index (χ4v) is 2.31. The molecule has 1 saturated heterocycles. The average Bonchev–Trinajstić information content (AvgIpc) is 2.79. The van der Waals surface area contributed by atoms with E-state index in [1.54, 1.807) is 6.26 Å². The van der Waals surface area contributed by atoms with Crippen molar-refractivity contribution in [2.75, 3.05) is 6.61 Å². The summed E-state index contributed by atoms with van der Waals surface area (Å²) >= 11 is 0. The van der Waals surface area contributed by atoms with E-state index in [0.29, 0.717) is 0 Å². The van der Waals surface area contributed by atoms with E-state index >= 15 is 0 Å². The third kappa shape index (κ3) is 2.45. The molecule has 1 aliphatic heterocycles. The average molecular weight is 224 g/mol. The summed E-state index contributed by atoms with van der Waals surface area (Å²) in [5.74, 6) is 6.58. The van der Waals surface area contributed by atoms with Crippen molar-refractivity contribution < 1.29 is 9.15 Å². The first-order chi connectivity index (χ1) is 7.74. The van der Waals surface area contributed by atoms with Gasteiger partial charge >= 0.3 is 0 Å². The lowest BCUT2D eigenvalue weighted by Crippen LogP contribution is -2.55. The summed E-state index contributed by atoms with van der Waals surface area (Å²) in [6.07, 6.45) is 5.84. The molecule has 0 spiro atoms. The van der Waals surface area contributed by atoms with Gasteiger partial charge in [0.2, 0.25) is 0 Å². The zero-order valence-corrected chi connectivity index (χ0v) is 9.74. The van der Waals surface area contributed by atoms with Crippen LogP contribution >= 0.6 is 0 Å². The Morgan fingerprint density at radius 1 is 1.56 bits per heavy atom. The second-order valence-electron chi connectivity index (χ2n) is 4.62. The number of ether oxygens (including phenoxy) is 1. The summed E-state index contributed by atoms with van der Waals surface area (Å²) in [6, 6.07) is 3.96. The van der Waals surface area contributed by atoms with Crippen LogP contribution in [0.5, 0.6) is 0 Å². The van der Waals surface area contributed by atoms with Gasteiger partial charge in [0.1, 0.15) is 5.76 Å². The smallest absolute Gasteiger partial charge is 0.105 e. The lowest BCUT2D eigenvalue weighted by atomic mass is 9.86. The Morgan fingerprint density at radius 2 is 2.44 bits per heavy atom. The summed E-state index contributed by atoms with van der Waals surface area (Å²) < 4.78 is 11.2. The third-order valence-corrected chi connectivity index (χ3v) is 3.42. The van der Waals surface area contributed by atoms with Gasteiger partial charge in [-0.25, -0.2) is 0 Å². The molecule has 0 amide bonds. The van der Waals surface area contributed by atoms with Gasteiger partial charge < -0.3 is 9.15 Å². The topological polar surface area (TPSA) is 60.4 Å². The second kappa shape index (κ2) is 4.99. The second-order valence-corrected chi connectivity index (χ2v) is 4.62. The molecule has 0 saturated carbocycles. The third-order valence-electron chi connectivity index (χ3n) is 3.42. The number of hydrazine groups is 1. The van der Waals surface area contributed by atoms with E-state index in [1.165, 1.54) is 6.42 Å². The molecule has 2 unspecified atom stereocenters. The summed E-state index contributed by atoms with van der Waals surface area (Å²) in [5, 5.41) is 0. The van der Waals surface area contributed by atoms with E-state index in [9.17, 15) is 0 Å². The Bertz CT molecular complexity index is 305. The Morgan fingerprint density at radius 3 is 3.00 bits per heavy atom. The van der Waals surface area contributed by atoms with Gasteiger partial charge in [0.25, 0.3) is 0 Å². The van der Waals surface area contributed by atoms with E-state index in [4.69, 9.17) is 15.0 Å². The van der Waals surface area contributed by atoms with Crippen molar-refractivity contribution >= 4 is 0 Å². The summed E-state index contributed by atoms with van der Waals surface area (Å²) in [4.78, 5) is 0. The maximum Gasteiger partial charge on any atom is 0.105 e. The van der Waals surface area contributed by atoms with Crippen molar-refractivity contribution in [1.82, 2.24) is 5.43 Å². The standard InChI is InChI=1S/C12H20N2O2/c1-12(6-2-3-8-16-12)11(14-13)9-10-5-4-7-15-10/h4-5,7,11,14H,2-3,6,8-9,13H2,1H3. The van der Waals surface area contributed by atoms with Crippen LogP contribution in [0.2, 0.25) is 0 Å². The minimum Gasteiger partial charge on any atom is -0.469 e. The number of hydrogen-bond donors (Lipinski definition) is 2. The molecule has 0 aromatic carbocycles. The van der Waals surface area contributed by atoms with Crippen LogP contribution in [-0.2, 0) is 11.2 Å². The maximum absolute atomic E-state index is 5.88. The van der Waals surface area contributed by atoms with Gasteiger partial charge in [0.05, 0.1) is 17.9 Å². The van der Waals surface area contributed by atoms with Gasteiger partial charge in [-0.1, -0.05) is 0 Å². The number of nitrogens with two attached hydrogens (primary N) is 1. The van der Waals surface area contributed by atoms with E-state index in [2.05, 4.69) is 12.3 Å². The largest absolute Gasteiger partial charge is 0.469 e. The maximum atomic E-state index is 5.88. The van der Waals surface area contributed by atoms with Crippen LogP contribution < -0.4 is 11.3 Å². The Kier molecular flexibility index (Phi) is 3.63. The predicted molar refractivity (Wildman–Crippen MR) is 61.7 cm³/mol. The highest BCUT2D eigenvalue weighted by atomic mass is 16.5. The van der Waals surface area contributed by atoms with Crippen LogP contribution in [0.25, 0.3) is 0 Å². The first kappa shape index (κ1) is 11.6. The molecule has 2 heterocycles. The van der Waals surface area contributed by atoms with Crippen LogP contribution in [0, 0.1) is 0 Å². The van der Waals surface area contributed by atoms with Crippen LogP contribution in [0.4, 0.5) is 0 Å². The van der Waals surface area contributed by atoms with E-state index < -0.39 is 0 Å². The summed E-state index contributed by atoms with van der Waals surface area (Å²) in [6.45, 7) is 2.95. The normalized spacial score (nSPS) is 27.9. The Balaban J connectivity index is 2.03. The van der Waals surface area contributed by atoms with Gasteiger partial charge in [-0.15, -0.1) is 0 Å². The molecule has 2 rings (SSSR count). The molecule has 90 valence electrons. The molecule has 1 aliphatic rings. The number of nitrogens with one attached hydrogen (secondary N) is 1. The molecule has 0 radical (unpaired) electrons. The minimum absolute atomic E-state index is 0.0962. The molecule has 1 aromatic heterocycles. The van der Waals surface area contributed by atoms with Crippen molar-refractivity contribution in [2.24, 2.45) is 5.84 Å². The molecule has 4 nitrogen and oxygen atoms in total. The van der Waals surface area contributed by atoms with Crippen LogP contribution in [0.15, 0.2) is 22.8 Å². The predicted octanol–water partition coefficient (Wildman–Crippen LogP) is 1.61. The van der Waals surface area contributed by atoms with Crippen LogP contribution in [0.1, 0.15) is 31.9 Å². The highest BCUT2D eigenvalue weighted by molar-refractivity contribution is 5.04. The monoisotopic (exact) mass is 224 g/mol. The SMILES string of the molecule is CC1(C(Cc2ccco2)NN)CCCCO1. The van der Waals surface area contributed by atoms with E-state index in [-0.39, 0.29) is 11.6 Å². The van der Waals surface area contributed by atoms with Gasteiger partial charge in [0, 0.05) is 13.0 Å². The summed E-state index contributed by atoms with van der Waals surface area (Å²) in [5.41, 5.74) is 2.68. The fraction of sp³-hybridized carbons (Fsp3) is 0.667. The van der Waals surface area contributed by atoms with Crippen molar-refractivity contribution in [1.29, 1.82) is 0 Å². The molecule has 0 aliphatic carbocycles. The van der Waals surface area contributed by atoms with Gasteiger partial charge in [-0.3, -0.25) is 11.3 Å². The molecule has 16 heavy (non-hydrogen) atoms. The molecule has 1 aromatic rings. The van der Waals surface area contributed by atoms with E-state index in [0.717, 1.165) is 31.6 Å². The number of rotatable bonds is 4. The van der Waals surface area contributed by atoms with Crippen molar-refractivity contribution in [3.8, 4) is 0 Å². The lowest BCUT2D eigenvalue weighted by molar-refractivity contribution is -0.0892. The Hall–Kier alpha value is -0.840. The zero-order valence-electron chi connectivity index (χ0n) is 9.74.